The number of carbonyl (C=O) groups excluding carboxylic acids is 1. The van der Waals surface area contributed by atoms with Crippen LogP contribution in [0.3, 0.4) is 0 Å². The normalized spacial score (nSPS) is 9.50. The summed E-state index contributed by atoms with van der Waals surface area (Å²) in [6.45, 7) is 0. The summed E-state index contributed by atoms with van der Waals surface area (Å²) in [5, 5.41) is 5.32. The molecule has 0 aliphatic carbocycles. The molecule has 1 radical (unpaired) electrons. The lowest BCUT2D eigenvalue weighted by atomic mass is 10.2. The first-order valence-electron chi connectivity index (χ1n) is 3.25. The Morgan fingerprint density at radius 3 is 3.08 bits per heavy atom. The van der Waals surface area contributed by atoms with Crippen molar-refractivity contribution in [3.05, 3.63) is 29.8 Å². The molecule has 63 valence electrons. The molecule has 0 aliphatic rings. The van der Waals surface area contributed by atoms with Crippen LogP contribution < -0.4 is 5.14 Å². The van der Waals surface area contributed by atoms with Crippen molar-refractivity contribution in [2.45, 2.75) is 4.90 Å². The zero-order valence-electron chi connectivity index (χ0n) is 6.53. The van der Waals surface area contributed by atoms with Crippen LogP contribution in [0.2, 0.25) is 0 Å². The van der Waals surface area contributed by atoms with Crippen LogP contribution in [0.25, 0.3) is 0 Å². The van der Waals surface area contributed by atoms with Gasteiger partial charge >= 0.3 is 5.97 Å². The molecule has 1 aromatic carbocycles. The zero-order valence-corrected chi connectivity index (χ0v) is 7.35. The summed E-state index contributed by atoms with van der Waals surface area (Å²) >= 11 is 0.983. The lowest BCUT2D eigenvalue weighted by molar-refractivity contribution is 0.0596. The van der Waals surface area contributed by atoms with Crippen molar-refractivity contribution in [1.82, 2.24) is 0 Å². The maximum absolute atomic E-state index is 11.1. The van der Waals surface area contributed by atoms with Crippen molar-refractivity contribution in [3.63, 3.8) is 0 Å². The van der Waals surface area contributed by atoms with Gasteiger partial charge in [0.15, 0.2) is 0 Å². The van der Waals surface area contributed by atoms with Gasteiger partial charge in [-0.05, 0) is 24.1 Å². The second kappa shape index (κ2) is 4.13. The average molecular weight is 182 g/mol. The van der Waals surface area contributed by atoms with Gasteiger partial charge in [-0.1, -0.05) is 12.1 Å². The molecule has 0 amide bonds. The third-order valence-electron chi connectivity index (χ3n) is 1.34. The Labute approximate surface area is 75.0 Å². The van der Waals surface area contributed by atoms with E-state index in [1.807, 2.05) is 0 Å². The van der Waals surface area contributed by atoms with Crippen LogP contribution in [-0.4, -0.2) is 13.1 Å². The van der Waals surface area contributed by atoms with Gasteiger partial charge in [-0.15, -0.1) is 0 Å². The largest absolute Gasteiger partial charge is 0.465 e. The van der Waals surface area contributed by atoms with Crippen LogP contribution in [0.1, 0.15) is 10.4 Å². The van der Waals surface area contributed by atoms with Crippen LogP contribution in [0.4, 0.5) is 0 Å². The topological polar surface area (TPSA) is 52.3 Å². The van der Waals surface area contributed by atoms with Gasteiger partial charge in [0.1, 0.15) is 0 Å². The van der Waals surface area contributed by atoms with E-state index >= 15 is 0 Å². The smallest absolute Gasteiger partial charge is 0.339 e. The summed E-state index contributed by atoms with van der Waals surface area (Å²) in [6, 6.07) is 7.90. The Kier molecular flexibility index (Phi) is 3.13. The van der Waals surface area contributed by atoms with Gasteiger partial charge < -0.3 is 4.74 Å². The number of ether oxygens (including phenoxy) is 1. The summed E-state index contributed by atoms with van der Waals surface area (Å²) < 4.78 is 4.55. The Balaban J connectivity index is 3.04. The first-order valence-corrected chi connectivity index (χ1v) is 4.13. The third-order valence-corrected chi connectivity index (χ3v) is 1.91. The van der Waals surface area contributed by atoms with E-state index in [0.717, 1.165) is 11.9 Å². The predicted octanol–water partition coefficient (Wildman–Crippen LogP) is 1.24. The highest BCUT2D eigenvalue weighted by Crippen LogP contribution is 2.17. The van der Waals surface area contributed by atoms with Crippen molar-refractivity contribution in [2.75, 3.05) is 7.11 Å². The molecule has 1 rings (SSSR count). The fourth-order valence-electron chi connectivity index (χ4n) is 0.790. The molecule has 0 unspecified atom stereocenters. The lowest BCUT2D eigenvalue weighted by Gasteiger charge is -2.02. The molecule has 0 spiro atoms. The molecule has 0 saturated carbocycles. The number of hydrogen-bond acceptors (Lipinski definition) is 4. The van der Waals surface area contributed by atoms with E-state index in [1.165, 1.54) is 7.11 Å². The summed E-state index contributed by atoms with van der Waals surface area (Å²) in [5.74, 6) is -0.389. The maximum atomic E-state index is 11.1. The quantitative estimate of drug-likeness (QED) is 0.552. The van der Waals surface area contributed by atoms with Gasteiger partial charge in [0.05, 0.1) is 12.7 Å². The Hall–Kier alpha value is -1.00. The second-order valence-corrected chi connectivity index (χ2v) is 2.67. The van der Waals surface area contributed by atoms with E-state index in [1.54, 1.807) is 18.2 Å². The van der Waals surface area contributed by atoms with E-state index in [0.29, 0.717) is 10.5 Å². The molecule has 0 atom stereocenters. The highest BCUT2D eigenvalue weighted by atomic mass is 32.2. The SMILES string of the molecule is COC(=O)c1ccc[c]c1SN. The van der Waals surface area contributed by atoms with E-state index < -0.39 is 0 Å². The lowest BCUT2D eigenvalue weighted by Crippen LogP contribution is -2.03. The highest BCUT2D eigenvalue weighted by Gasteiger charge is 2.09. The predicted molar refractivity (Wildman–Crippen MR) is 46.7 cm³/mol. The van der Waals surface area contributed by atoms with Crippen molar-refractivity contribution in [1.29, 1.82) is 0 Å². The first kappa shape index (κ1) is 9.09. The minimum Gasteiger partial charge on any atom is -0.465 e. The standard InChI is InChI=1S/C8H8NO2S/c1-11-8(10)6-4-2-3-5-7(6)12-9/h2-4H,9H2,1H3. The maximum Gasteiger partial charge on any atom is 0.339 e. The van der Waals surface area contributed by atoms with Crippen LogP contribution in [-0.2, 0) is 4.74 Å². The molecular weight excluding hydrogens is 174 g/mol. The number of methoxy groups -OCH3 is 1. The van der Waals surface area contributed by atoms with Gasteiger partial charge in [0, 0.05) is 4.90 Å². The van der Waals surface area contributed by atoms with E-state index in [2.05, 4.69) is 10.8 Å². The van der Waals surface area contributed by atoms with E-state index in [9.17, 15) is 4.79 Å². The number of benzene rings is 1. The monoisotopic (exact) mass is 182 g/mol. The molecule has 0 heterocycles. The van der Waals surface area contributed by atoms with Crippen LogP contribution in [0.15, 0.2) is 23.1 Å². The number of esters is 1. The Bertz CT molecular complexity index is 288. The van der Waals surface area contributed by atoms with Crippen LogP contribution in [0.5, 0.6) is 0 Å². The molecule has 0 saturated heterocycles. The van der Waals surface area contributed by atoms with Gasteiger partial charge in [0.25, 0.3) is 0 Å². The van der Waals surface area contributed by atoms with Crippen LogP contribution >= 0.6 is 11.9 Å². The molecule has 4 heteroatoms. The average Bonchev–Trinajstić information content (AvgIpc) is 2.16. The molecule has 0 fully saturated rings. The first-order chi connectivity index (χ1) is 5.79. The fourth-order valence-corrected chi connectivity index (χ4v) is 1.20. The summed E-state index contributed by atoms with van der Waals surface area (Å²) in [4.78, 5) is 11.7. The molecule has 1 aromatic rings. The molecule has 0 bridgehead atoms. The van der Waals surface area contributed by atoms with Crippen molar-refractivity contribution < 1.29 is 9.53 Å². The molecule has 2 N–H and O–H groups in total. The minimum absolute atomic E-state index is 0.389. The summed E-state index contributed by atoms with van der Waals surface area (Å²) in [7, 11) is 1.33. The molecule has 0 aromatic heterocycles. The second-order valence-electron chi connectivity index (χ2n) is 2.02. The minimum atomic E-state index is -0.389. The molecule has 3 nitrogen and oxygen atoms in total. The molecule has 12 heavy (non-hydrogen) atoms. The van der Waals surface area contributed by atoms with Gasteiger partial charge in [0.2, 0.25) is 0 Å². The third kappa shape index (κ3) is 1.78. The van der Waals surface area contributed by atoms with Gasteiger partial charge in [-0.25, -0.2) is 4.79 Å². The summed E-state index contributed by atoms with van der Waals surface area (Å²) in [6.07, 6.45) is 0. The van der Waals surface area contributed by atoms with E-state index in [4.69, 9.17) is 5.14 Å². The number of hydrogen-bond donors (Lipinski definition) is 1. The van der Waals surface area contributed by atoms with Crippen molar-refractivity contribution >= 4 is 17.9 Å². The highest BCUT2D eigenvalue weighted by molar-refractivity contribution is 7.97. The fraction of sp³-hybridized carbons (Fsp3) is 0.125. The van der Waals surface area contributed by atoms with Crippen molar-refractivity contribution in [3.8, 4) is 0 Å². The number of rotatable bonds is 2. The zero-order chi connectivity index (χ0) is 8.97. The summed E-state index contributed by atoms with van der Waals surface area (Å²) in [5.41, 5.74) is 0.451. The van der Waals surface area contributed by atoms with Crippen molar-refractivity contribution in [2.24, 2.45) is 5.14 Å². The van der Waals surface area contributed by atoms with Gasteiger partial charge in [-0.2, -0.15) is 0 Å². The van der Waals surface area contributed by atoms with E-state index in [-0.39, 0.29) is 5.97 Å². The Morgan fingerprint density at radius 2 is 2.50 bits per heavy atom. The Morgan fingerprint density at radius 1 is 1.75 bits per heavy atom. The molecular formula is C8H8NO2S. The number of nitrogens with two attached hydrogens (primary N) is 1. The van der Waals surface area contributed by atoms with Crippen LogP contribution in [0, 0.1) is 6.07 Å². The van der Waals surface area contributed by atoms with Gasteiger partial charge in [-0.3, -0.25) is 5.14 Å². The molecule has 0 aliphatic heterocycles. The number of carbonyl (C=O) groups is 1.